The number of hydrogen-bond acceptors (Lipinski definition) is 2. The minimum absolute atomic E-state index is 0.241. The molecule has 0 amide bonds. The third kappa shape index (κ3) is 2.02. The predicted molar refractivity (Wildman–Crippen MR) is 57.1 cm³/mol. The van der Waals surface area contributed by atoms with Gasteiger partial charge in [-0.05, 0) is 18.1 Å². The monoisotopic (exact) mass is 232 g/mol. The summed E-state index contributed by atoms with van der Waals surface area (Å²) in [6, 6.07) is 3.60. The summed E-state index contributed by atoms with van der Waals surface area (Å²) in [6.45, 7) is 1.83. The molecule has 2 nitrogen and oxygen atoms in total. The fourth-order valence-corrected chi connectivity index (χ4v) is 1.64. The Hall–Kier alpha value is -0.730. The van der Waals surface area contributed by atoms with Crippen molar-refractivity contribution in [2.75, 3.05) is 7.11 Å². The first-order chi connectivity index (χ1) is 6.61. The number of methoxy groups -OCH3 is 1. The standard InChI is InChI=1S/C10H10Cl2O2/c1-6-3-4-7(5-11)8(9(6)12)10(13)14-2/h3-4H,5H2,1-2H3. The SMILES string of the molecule is COC(=O)c1c(CCl)ccc(C)c1Cl. The van der Waals surface area contributed by atoms with Gasteiger partial charge in [-0.15, -0.1) is 11.6 Å². The zero-order chi connectivity index (χ0) is 10.7. The quantitative estimate of drug-likeness (QED) is 0.579. The van der Waals surface area contributed by atoms with Gasteiger partial charge in [-0.2, -0.15) is 0 Å². The Balaban J connectivity index is 3.35. The lowest BCUT2D eigenvalue weighted by atomic mass is 10.1. The summed E-state index contributed by atoms with van der Waals surface area (Å²) in [7, 11) is 1.32. The molecule has 1 aromatic carbocycles. The molecule has 1 rings (SSSR count). The number of carbonyl (C=O) groups is 1. The van der Waals surface area contributed by atoms with Gasteiger partial charge < -0.3 is 4.74 Å². The number of aryl methyl sites for hydroxylation is 1. The Morgan fingerprint density at radius 1 is 1.50 bits per heavy atom. The summed E-state index contributed by atoms with van der Waals surface area (Å²) in [5, 5.41) is 0.412. The second kappa shape index (κ2) is 4.67. The molecule has 0 unspecified atom stereocenters. The van der Waals surface area contributed by atoms with E-state index >= 15 is 0 Å². The lowest BCUT2D eigenvalue weighted by molar-refractivity contribution is 0.0600. The largest absolute Gasteiger partial charge is 0.465 e. The first-order valence-corrected chi connectivity index (χ1v) is 4.95. The van der Waals surface area contributed by atoms with Gasteiger partial charge in [0.15, 0.2) is 0 Å². The van der Waals surface area contributed by atoms with Gasteiger partial charge in [-0.3, -0.25) is 0 Å². The van der Waals surface area contributed by atoms with Crippen LogP contribution in [0.3, 0.4) is 0 Å². The van der Waals surface area contributed by atoms with E-state index in [0.717, 1.165) is 5.56 Å². The van der Waals surface area contributed by atoms with Crippen LogP contribution in [0, 0.1) is 6.92 Å². The van der Waals surface area contributed by atoms with Crippen molar-refractivity contribution in [3.8, 4) is 0 Å². The fraction of sp³-hybridized carbons (Fsp3) is 0.300. The summed E-state index contributed by atoms with van der Waals surface area (Å²) in [5.74, 6) is -0.209. The molecular weight excluding hydrogens is 223 g/mol. The molecule has 0 radical (unpaired) electrons. The van der Waals surface area contributed by atoms with Crippen molar-refractivity contribution in [2.45, 2.75) is 12.8 Å². The first kappa shape index (κ1) is 11.3. The molecule has 0 aliphatic carbocycles. The van der Waals surface area contributed by atoms with Gasteiger partial charge >= 0.3 is 5.97 Å². The fourth-order valence-electron chi connectivity index (χ4n) is 1.15. The summed E-state index contributed by atoms with van der Waals surface area (Å²) >= 11 is 11.7. The lowest BCUT2D eigenvalue weighted by Gasteiger charge is -2.09. The van der Waals surface area contributed by atoms with Crippen LogP contribution >= 0.6 is 23.2 Å². The molecule has 0 fully saturated rings. The molecule has 0 saturated carbocycles. The molecule has 14 heavy (non-hydrogen) atoms. The Bertz CT molecular complexity index is 361. The Morgan fingerprint density at radius 3 is 2.64 bits per heavy atom. The Kier molecular flexibility index (Phi) is 3.78. The van der Waals surface area contributed by atoms with Gasteiger partial charge in [-0.25, -0.2) is 4.79 Å². The Labute approximate surface area is 92.8 Å². The maximum absolute atomic E-state index is 11.4. The van der Waals surface area contributed by atoms with Crippen LogP contribution in [0.15, 0.2) is 12.1 Å². The maximum Gasteiger partial charge on any atom is 0.339 e. The molecule has 4 heteroatoms. The maximum atomic E-state index is 11.4. The van der Waals surface area contributed by atoms with Crippen molar-refractivity contribution < 1.29 is 9.53 Å². The highest BCUT2D eigenvalue weighted by atomic mass is 35.5. The van der Waals surface area contributed by atoms with E-state index in [1.807, 2.05) is 13.0 Å². The van der Waals surface area contributed by atoms with Gasteiger partial charge in [0, 0.05) is 5.88 Å². The molecule has 1 aromatic rings. The van der Waals surface area contributed by atoms with Crippen molar-refractivity contribution >= 4 is 29.2 Å². The molecule has 0 aliphatic rings. The third-order valence-corrected chi connectivity index (χ3v) is 2.73. The minimum Gasteiger partial charge on any atom is -0.465 e. The van der Waals surface area contributed by atoms with E-state index in [9.17, 15) is 4.79 Å². The van der Waals surface area contributed by atoms with Crippen LogP contribution in [0.25, 0.3) is 0 Å². The van der Waals surface area contributed by atoms with Crippen molar-refractivity contribution in [3.05, 3.63) is 33.8 Å². The number of alkyl halides is 1. The van der Waals surface area contributed by atoms with Crippen LogP contribution in [-0.2, 0) is 10.6 Å². The highest BCUT2D eigenvalue weighted by molar-refractivity contribution is 6.34. The topological polar surface area (TPSA) is 26.3 Å². The molecule has 0 bridgehead atoms. The smallest absolute Gasteiger partial charge is 0.339 e. The van der Waals surface area contributed by atoms with Gasteiger partial charge in [0.05, 0.1) is 17.7 Å². The van der Waals surface area contributed by atoms with Crippen LogP contribution in [0.4, 0.5) is 0 Å². The predicted octanol–water partition coefficient (Wildman–Crippen LogP) is 3.17. The van der Waals surface area contributed by atoms with E-state index in [4.69, 9.17) is 23.2 Å². The van der Waals surface area contributed by atoms with E-state index in [1.54, 1.807) is 6.07 Å². The number of halogens is 2. The number of ether oxygens (including phenoxy) is 1. The molecule has 0 aliphatic heterocycles. The molecule has 0 spiro atoms. The third-order valence-electron chi connectivity index (χ3n) is 1.95. The highest BCUT2D eigenvalue weighted by Crippen LogP contribution is 2.26. The normalized spacial score (nSPS) is 10.0. The Morgan fingerprint density at radius 2 is 2.14 bits per heavy atom. The van der Waals surface area contributed by atoms with Crippen LogP contribution in [0.1, 0.15) is 21.5 Å². The van der Waals surface area contributed by atoms with Crippen molar-refractivity contribution in [1.82, 2.24) is 0 Å². The van der Waals surface area contributed by atoms with E-state index in [-0.39, 0.29) is 5.88 Å². The molecule has 0 N–H and O–H groups in total. The minimum atomic E-state index is -0.450. The van der Waals surface area contributed by atoms with E-state index in [2.05, 4.69) is 4.74 Å². The zero-order valence-corrected chi connectivity index (χ0v) is 9.45. The van der Waals surface area contributed by atoms with E-state index in [1.165, 1.54) is 7.11 Å². The van der Waals surface area contributed by atoms with Crippen LogP contribution < -0.4 is 0 Å². The average Bonchev–Trinajstić information content (AvgIpc) is 2.20. The number of rotatable bonds is 2. The second-order valence-corrected chi connectivity index (χ2v) is 3.50. The van der Waals surface area contributed by atoms with Crippen molar-refractivity contribution in [3.63, 3.8) is 0 Å². The molecule has 0 saturated heterocycles. The van der Waals surface area contributed by atoms with Crippen LogP contribution in [0.2, 0.25) is 5.02 Å². The number of benzene rings is 1. The lowest BCUT2D eigenvalue weighted by Crippen LogP contribution is -2.06. The number of hydrogen-bond donors (Lipinski definition) is 0. The van der Waals surface area contributed by atoms with Crippen LogP contribution in [0.5, 0.6) is 0 Å². The van der Waals surface area contributed by atoms with Gasteiger partial charge in [-0.1, -0.05) is 23.7 Å². The van der Waals surface area contributed by atoms with E-state index in [0.29, 0.717) is 16.1 Å². The summed E-state index contributed by atoms with van der Waals surface area (Å²) < 4.78 is 4.63. The molecular formula is C10H10Cl2O2. The number of carbonyl (C=O) groups excluding carboxylic acids is 1. The summed E-state index contributed by atoms with van der Waals surface area (Å²) in [5.41, 5.74) is 1.89. The van der Waals surface area contributed by atoms with Gasteiger partial charge in [0.25, 0.3) is 0 Å². The van der Waals surface area contributed by atoms with E-state index < -0.39 is 5.97 Å². The number of esters is 1. The average molecular weight is 233 g/mol. The zero-order valence-electron chi connectivity index (χ0n) is 7.93. The van der Waals surface area contributed by atoms with Crippen LogP contribution in [-0.4, -0.2) is 13.1 Å². The molecule has 0 aromatic heterocycles. The van der Waals surface area contributed by atoms with Crippen molar-refractivity contribution in [2.24, 2.45) is 0 Å². The van der Waals surface area contributed by atoms with Gasteiger partial charge in [0.1, 0.15) is 0 Å². The highest BCUT2D eigenvalue weighted by Gasteiger charge is 2.16. The molecule has 0 heterocycles. The first-order valence-electron chi connectivity index (χ1n) is 4.04. The van der Waals surface area contributed by atoms with Crippen molar-refractivity contribution in [1.29, 1.82) is 0 Å². The summed E-state index contributed by atoms with van der Waals surface area (Å²) in [6.07, 6.45) is 0. The second-order valence-electron chi connectivity index (χ2n) is 2.86. The summed E-state index contributed by atoms with van der Waals surface area (Å²) in [4.78, 5) is 11.4. The molecule has 76 valence electrons. The molecule has 0 atom stereocenters. The van der Waals surface area contributed by atoms with Gasteiger partial charge in [0.2, 0.25) is 0 Å².